The second-order valence-electron chi connectivity index (χ2n) is 7.35. The number of hydrogen-bond acceptors (Lipinski definition) is 3. The maximum absolute atomic E-state index is 9.68. The van der Waals surface area contributed by atoms with Crippen molar-refractivity contribution in [2.75, 3.05) is 6.61 Å². The molecule has 3 nitrogen and oxygen atoms in total. The van der Waals surface area contributed by atoms with E-state index in [0.29, 0.717) is 12.1 Å². The van der Waals surface area contributed by atoms with Gasteiger partial charge in [0.2, 0.25) is 0 Å². The van der Waals surface area contributed by atoms with Crippen LogP contribution in [0.3, 0.4) is 0 Å². The molecule has 0 heterocycles. The van der Waals surface area contributed by atoms with E-state index in [9.17, 15) is 5.11 Å². The van der Waals surface area contributed by atoms with Gasteiger partial charge in [-0.15, -0.1) is 0 Å². The van der Waals surface area contributed by atoms with Gasteiger partial charge in [-0.3, -0.25) is 0 Å². The van der Waals surface area contributed by atoms with Crippen LogP contribution in [0, 0.1) is 5.92 Å². The standard InChI is InChI=1S/C17H33NO2/c1-4-14-6-5-7-16(10-14)20-13(2)11-17(3,12-19)18-15-8-9-15/h13-16,18-19H,4-12H2,1-3H3. The zero-order valence-corrected chi connectivity index (χ0v) is 13.5. The predicted octanol–water partition coefficient (Wildman–Crippen LogP) is 3.25. The van der Waals surface area contributed by atoms with Crippen molar-refractivity contribution in [2.45, 2.75) is 95.9 Å². The molecule has 2 saturated carbocycles. The highest BCUT2D eigenvalue weighted by Gasteiger charge is 2.34. The SMILES string of the molecule is CCC1CCCC(OC(C)CC(C)(CO)NC2CC2)C1. The number of nitrogens with one attached hydrogen (secondary N) is 1. The van der Waals surface area contributed by atoms with Crippen molar-refractivity contribution >= 4 is 0 Å². The molecular formula is C17H33NO2. The van der Waals surface area contributed by atoms with Crippen molar-refractivity contribution < 1.29 is 9.84 Å². The van der Waals surface area contributed by atoms with E-state index in [4.69, 9.17) is 4.74 Å². The van der Waals surface area contributed by atoms with Gasteiger partial charge in [-0.2, -0.15) is 0 Å². The summed E-state index contributed by atoms with van der Waals surface area (Å²) in [6, 6.07) is 0.624. The zero-order valence-electron chi connectivity index (χ0n) is 13.5. The highest BCUT2D eigenvalue weighted by Crippen LogP contribution is 2.30. The molecule has 0 aromatic rings. The van der Waals surface area contributed by atoms with Gasteiger partial charge in [0.15, 0.2) is 0 Å². The van der Waals surface area contributed by atoms with Crippen molar-refractivity contribution in [1.29, 1.82) is 0 Å². The summed E-state index contributed by atoms with van der Waals surface area (Å²) in [6.07, 6.45) is 10.5. The Kier molecular flexibility index (Phi) is 5.88. The lowest BCUT2D eigenvalue weighted by molar-refractivity contribution is -0.0491. The second kappa shape index (κ2) is 7.24. The molecule has 0 saturated heterocycles. The first-order chi connectivity index (χ1) is 9.54. The summed E-state index contributed by atoms with van der Waals surface area (Å²) in [7, 11) is 0. The second-order valence-corrected chi connectivity index (χ2v) is 7.35. The summed E-state index contributed by atoms with van der Waals surface area (Å²) < 4.78 is 6.27. The Morgan fingerprint density at radius 2 is 2.05 bits per heavy atom. The van der Waals surface area contributed by atoms with E-state index in [1.165, 1.54) is 44.9 Å². The Labute approximate surface area is 124 Å². The van der Waals surface area contributed by atoms with E-state index < -0.39 is 0 Å². The first-order valence-corrected chi connectivity index (χ1v) is 8.58. The summed E-state index contributed by atoms with van der Waals surface area (Å²) in [4.78, 5) is 0. The summed E-state index contributed by atoms with van der Waals surface area (Å²) in [5.41, 5.74) is -0.181. The van der Waals surface area contributed by atoms with Crippen LogP contribution in [0.4, 0.5) is 0 Å². The van der Waals surface area contributed by atoms with Crippen LogP contribution in [-0.4, -0.2) is 35.5 Å². The lowest BCUT2D eigenvalue weighted by Crippen LogP contribution is -2.49. The Morgan fingerprint density at radius 3 is 2.65 bits per heavy atom. The van der Waals surface area contributed by atoms with Gasteiger partial charge in [-0.1, -0.05) is 26.2 Å². The molecule has 2 rings (SSSR count). The molecule has 0 amide bonds. The third-order valence-corrected chi connectivity index (χ3v) is 4.95. The molecule has 0 spiro atoms. The summed E-state index contributed by atoms with van der Waals surface area (Å²) in [5.74, 6) is 0.856. The van der Waals surface area contributed by atoms with Gasteiger partial charge in [0.1, 0.15) is 0 Å². The molecule has 2 N–H and O–H groups in total. The molecule has 0 aromatic carbocycles. The Hall–Kier alpha value is -0.120. The lowest BCUT2D eigenvalue weighted by Gasteiger charge is -2.35. The van der Waals surface area contributed by atoms with E-state index in [0.717, 1.165) is 12.3 Å². The van der Waals surface area contributed by atoms with E-state index in [1.807, 2.05) is 0 Å². The Balaban J connectivity index is 1.76. The van der Waals surface area contributed by atoms with Crippen molar-refractivity contribution in [3.63, 3.8) is 0 Å². The number of ether oxygens (including phenoxy) is 1. The molecule has 4 atom stereocenters. The lowest BCUT2D eigenvalue weighted by atomic mass is 9.85. The molecule has 0 aromatic heterocycles. The van der Waals surface area contributed by atoms with Crippen molar-refractivity contribution in [1.82, 2.24) is 5.32 Å². The summed E-state index contributed by atoms with van der Waals surface area (Å²) in [6.45, 7) is 6.78. The van der Waals surface area contributed by atoms with Crippen LogP contribution in [0.5, 0.6) is 0 Å². The van der Waals surface area contributed by atoms with Gasteiger partial charge in [0, 0.05) is 11.6 Å². The fraction of sp³-hybridized carbons (Fsp3) is 1.00. The third kappa shape index (κ3) is 5.01. The molecule has 2 aliphatic rings. The van der Waals surface area contributed by atoms with Crippen LogP contribution < -0.4 is 5.32 Å². The van der Waals surface area contributed by atoms with Crippen LogP contribution >= 0.6 is 0 Å². The van der Waals surface area contributed by atoms with E-state index in [-0.39, 0.29) is 18.2 Å². The fourth-order valence-corrected chi connectivity index (χ4v) is 3.64. The quantitative estimate of drug-likeness (QED) is 0.718. The molecule has 4 unspecified atom stereocenters. The molecule has 2 fully saturated rings. The van der Waals surface area contributed by atoms with Gasteiger partial charge in [0.25, 0.3) is 0 Å². The Morgan fingerprint density at radius 1 is 1.30 bits per heavy atom. The highest BCUT2D eigenvalue weighted by atomic mass is 16.5. The molecule has 0 bridgehead atoms. The first-order valence-electron chi connectivity index (χ1n) is 8.58. The molecule has 0 aliphatic heterocycles. The molecular weight excluding hydrogens is 250 g/mol. The van der Waals surface area contributed by atoms with Gasteiger partial charge in [-0.05, 0) is 51.9 Å². The minimum atomic E-state index is -0.181. The minimum Gasteiger partial charge on any atom is -0.394 e. The van der Waals surface area contributed by atoms with Gasteiger partial charge >= 0.3 is 0 Å². The largest absolute Gasteiger partial charge is 0.394 e. The van der Waals surface area contributed by atoms with Crippen LogP contribution in [0.15, 0.2) is 0 Å². The first kappa shape index (κ1) is 16.3. The highest BCUT2D eigenvalue weighted by molar-refractivity contribution is 4.93. The number of aliphatic hydroxyl groups is 1. The molecule has 20 heavy (non-hydrogen) atoms. The summed E-state index contributed by atoms with van der Waals surface area (Å²) in [5, 5.41) is 13.3. The zero-order chi connectivity index (χ0) is 14.6. The number of rotatable bonds is 8. The van der Waals surface area contributed by atoms with E-state index in [2.05, 4.69) is 26.1 Å². The van der Waals surface area contributed by atoms with Gasteiger partial charge in [-0.25, -0.2) is 0 Å². The minimum absolute atomic E-state index is 0.181. The molecule has 0 radical (unpaired) electrons. The average Bonchev–Trinajstić information content (AvgIpc) is 3.22. The van der Waals surface area contributed by atoms with Crippen molar-refractivity contribution in [2.24, 2.45) is 5.92 Å². The fourth-order valence-electron chi connectivity index (χ4n) is 3.64. The normalized spacial score (nSPS) is 31.8. The van der Waals surface area contributed by atoms with Crippen molar-refractivity contribution in [3.05, 3.63) is 0 Å². The summed E-state index contributed by atoms with van der Waals surface area (Å²) >= 11 is 0. The predicted molar refractivity (Wildman–Crippen MR) is 82.8 cm³/mol. The number of aliphatic hydroxyl groups excluding tert-OH is 1. The van der Waals surface area contributed by atoms with Gasteiger partial charge in [0.05, 0.1) is 18.8 Å². The maximum atomic E-state index is 9.68. The molecule has 2 aliphatic carbocycles. The number of hydrogen-bond donors (Lipinski definition) is 2. The van der Waals surface area contributed by atoms with Crippen LogP contribution in [0.2, 0.25) is 0 Å². The van der Waals surface area contributed by atoms with Crippen molar-refractivity contribution in [3.8, 4) is 0 Å². The molecule has 3 heteroatoms. The van der Waals surface area contributed by atoms with Crippen LogP contribution in [0.25, 0.3) is 0 Å². The van der Waals surface area contributed by atoms with E-state index >= 15 is 0 Å². The Bertz CT molecular complexity index is 293. The van der Waals surface area contributed by atoms with Gasteiger partial charge < -0.3 is 15.2 Å². The monoisotopic (exact) mass is 283 g/mol. The van der Waals surface area contributed by atoms with E-state index in [1.54, 1.807) is 0 Å². The van der Waals surface area contributed by atoms with Crippen LogP contribution in [0.1, 0.15) is 72.1 Å². The average molecular weight is 283 g/mol. The maximum Gasteiger partial charge on any atom is 0.0611 e. The topological polar surface area (TPSA) is 41.5 Å². The van der Waals surface area contributed by atoms with Crippen LogP contribution in [-0.2, 0) is 4.74 Å². The smallest absolute Gasteiger partial charge is 0.0611 e. The third-order valence-electron chi connectivity index (χ3n) is 4.95. The molecule has 118 valence electrons.